The number of fused-ring (bicyclic) bond motifs is 2. The Hall–Kier alpha value is -4.01. The van der Waals surface area contributed by atoms with E-state index in [0.29, 0.717) is 23.1 Å². The Labute approximate surface area is 204 Å². The number of methoxy groups -OCH3 is 3. The van der Waals surface area contributed by atoms with Crippen LogP contribution in [0.15, 0.2) is 53.7 Å². The van der Waals surface area contributed by atoms with E-state index in [9.17, 15) is 4.79 Å². The van der Waals surface area contributed by atoms with E-state index >= 15 is 0 Å². The maximum atomic E-state index is 13.3. The minimum atomic E-state index is -0.405. The molecule has 0 unspecified atom stereocenters. The van der Waals surface area contributed by atoms with Crippen LogP contribution >= 0.6 is 0 Å². The maximum absolute atomic E-state index is 13.3. The fourth-order valence-electron chi connectivity index (χ4n) is 4.86. The molecule has 2 atom stereocenters. The van der Waals surface area contributed by atoms with Crippen LogP contribution in [0.25, 0.3) is 0 Å². The summed E-state index contributed by atoms with van der Waals surface area (Å²) in [6, 6.07) is 12.8. The van der Waals surface area contributed by atoms with Gasteiger partial charge in [0.2, 0.25) is 5.75 Å². The van der Waals surface area contributed by atoms with Crippen molar-refractivity contribution < 1.29 is 19.0 Å². The molecule has 3 aromatic rings. The van der Waals surface area contributed by atoms with Crippen LogP contribution in [-0.4, -0.2) is 49.0 Å². The zero-order chi connectivity index (χ0) is 24.9. The zero-order valence-corrected chi connectivity index (χ0v) is 20.7. The molecule has 1 aromatic heterocycles. The molecule has 182 valence electrons. The smallest absolute Gasteiger partial charge is 0.328 e. The molecule has 3 heterocycles. The standard InChI is InChI=1S/C26H29N5O4/c1-26(2,3)31-24-17(14-27-31)20(15-12-18(33-4)22(35-6)19(13-15)34-5)21-23(28-24)29-25(32)30(21)16-10-8-7-9-11-16/h7-14,20-21H,1-6H3,(H,28,29,32)/t20-,21+/m0/s1. The van der Waals surface area contributed by atoms with Crippen LogP contribution in [0.2, 0.25) is 0 Å². The molecule has 1 fully saturated rings. The number of rotatable bonds is 5. The first-order valence-corrected chi connectivity index (χ1v) is 11.4. The molecule has 0 bridgehead atoms. The first-order chi connectivity index (χ1) is 16.8. The third kappa shape index (κ3) is 3.58. The molecule has 9 nitrogen and oxygen atoms in total. The number of hydrogen-bond acceptors (Lipinski definition) is 6. The van der Waals surface area contributed by atoms with Gasteiger partial charge in [0, 0.05) is 17.2 Å². The van der Waals surface area contributed by atoms with Gasteiger partial charge in [0.15, 0.2) is 17.3 Å². The molecule has 0 radical (unpaired) electrons. The predicted octanol–water partition coefficient (Wildman–Crippen LogP) is 4.44. The Morgan fingerprint density at radius 3 is 2.20 bits per heavy atom. The average molecular weight is 476 g/mol. The van der Waals surface area contributed by atoms with Crippen molar-refractivity contribution in [2.24, 2.45) is 4.99 Å². The van der Waals surface area contributed by atoms with Gasteiger partial charge in [0.1, 0.15) is 11.9 Å². The number of nitrogens with one attached hydrogen (secondary N) is 1. The Morgan fingerprint density at radius 1 is 0.971 bits per heavy atom. The number of urea groups is 1. The fourth-order valence-corrected chi connectivity index (χ4v) is 4.86. The van der Waals surface area contributed by atoms with Crippen molar-refractivity contribution in [1.82, 2.24) is 15.1 Å². The van der Waals surface area contributed by atoms with Crippen LogP contribution in [0.5, 0.6) is 17.2 Å². The number of benzene rings is 2. The van der Waals surface area contributed by atoms with Crippen molar-refractivity contribution in [3.63, 3.8) is 0 Å². The molecule has 2 amide bonds. The number of aromatic nitrogens is 2. The molecule has 5 rings (SSSR count). The zero-order valence-electron chi connectivity index (χ0n) is 20.7. The summed E-state index contributed by atoms with van der Waals surface area (Å²) in [5.74, 6) is 2.60. The second-order valence-corrected chi connectivity index (χ2v) is 9.52. The van der Waals surface area contributed by atoms with Crippen molar-refractivity contribution >= 4 is 23.4 Å². The minimum Gasteiger partial charge on any atom is -0.493 e. The lowest BCUT2D eigenvalue weighted by Gasteiger charge is -2.34. The highest BCUT2D eigenvalue weighted by atomic mass is 16.5. The molecule has 2 aromatic carbocycles. The number of ether oxygens (including phenoxy) is 3. The van der Waals surface area contributed by atoms with Crippen LogP contribution < -0.4 is 24.4 Å². The Bertz CT molecular complexity index is 1280. The number of nitrogens with zero attached hydrogens (tertiary/aromatic N) is 4. The Balaban J connectivity index is 1.77. The van der Waals surface area contributed by atoms with Crippen LogP contribution in [0.3, 0.4) is 0 Å². The van der Waals surface area contributed by atoms with Gasteiger partial charge in [-0.3, -0.25) is 10.2 Å². The number of amides is 2. The third-order valence-corrected chi connectivity index (χ3v) is 6.38. The van der Waals surface area contributed by atoms with E-state index in [0.717, 1.165) is 22.6 Å². The largest absolute Gasteiger partial charge is 0.493 e. The summed E-state index contributed by atoms with van der Waals surface area (Å²) in [5.41, 5.74) is 2.29. The van der Waals surface area contributed by atoms with Gasteiger partial charge in [0.05, 0.1) is 33.1 Å². The highest BCUT2D eigenvalue weighted by molar-refractivity contribution is 6.18. The van der Waals surface area contributed by atoms with E-state index in [-0.39, 0.29) is 17.5 Å². The predicted molar refractivity (Wildman–Crippen MR) is 133 cm³/mol. The van der Waals surface area contributed by atoms with E-state index in [1.165, 1.54) is 0 Å². The van der Waals surface area contributed by atoms with Gasteiger partial charge in [0.25, 0.3) is 0 Å². The molecule has 9 heteroatoms. The van der Waals surface area contributed by atoms with Gasteiger partial charge in [-0.05, 0) is 50.6 Å². The molecule has 0 aliphatic carbocycles. The third-order valence-electron chi connectivity index (χ3n) is 6.38. The molecule has 2 aliphatic heterocycles. The van der Waals surface area contributed by atoms with Gasteiger partial charge in [-0.1, -0.05) is 18.2 Å². The quantitative estimate of drug-likeness (QED) is 0.589. The first-order valence-electron chi connectivity index (χ1n) is 11.4. The van der Waals surface area contributed by atoms with Crippen LogP contribution in [0.1, 0.15) is 37.8 Å². The monoisotopic (exact) mass is 475 g/mol. The van der Waals surface area contributed by atoms with E-state index in [4.69, 9.17) is 24.3 Å². The number of aliphatic imine (C=N–C) groups is 1. The normalized spacial score (nSPS) is 19.0. The van der Waals surface area contributed by atoms with Crippen molar-refractivity contribution in [1.29, 1.82) is 0 Å². The first kappa shape index (κ1) is 22.8. The summed E-state index contributed by atoms with van der Waals surface area (Å²) >= 11 is 0. The SMILES string of the molecule is COc1cc([C@H]2c3cnn(C(C)(C)C)c3N=C3NC(=O)N(c4ccccc4)[C@@H]32)cc(OC)c1OC. The summed E-state index contributed by atoms with van der Waals surface area (Å²) in [7, 11) is 4.76. The number of amidine groups is 1. The second-order valence-electron chi connectivity index (χ2n) is 9.52. The molecule has 0 spiro atoms. The number of anilines is 1. The van der Waals surface area contributed by atoms with Crippen LogP contribution in [-0.2, 0) is 5.54 Å². The molecule has 1 saturated heterocycles. The fraction of sp³-hybridized carbons (Fsp3) is 0.346. The summed E-state index contributed by atoms with van der Waals surface area (Å²) in [4.78, 5) is 19.9. The Kier molecular flexibility index (Phi) is 5.42. The number of carbonyl (C=O) groups is 1. The van der Waals surface area contributed by atoms with Gasteiger partial charge >= 0.3 is 6.03 Å². The molecule has 0 saturated carbocycles. The van der Waals surface area contributed by atoms with Crippen molar-refractivity contribution in [2.75, 3.05) is 26.2 Å². The number of carbonyl (C=O) groups excluding carboxylic acids is 1. The highest BCUT2D eigenvalue weighted by Crippen LogP contribution is 2.48. The number of para-hydroxylation sites is 1. The average Bonchev–Trinajstić information content (AvgIpc) is 3.42. The highest BCUT2D eigenvalue weighted by Gasteiger charge is 2.48. The summed E-state index contributed by atoms with van der Waals surface area (Å²) < 4.78 is 18.7. The van der Waals surface area contributed by atoms with Crippen LogP contribution in [0, 0.1) is 0 Å². The summed E-state index contributed by atoms with van der Waals surface area (Å²) in [6.07, 6.45) is 1.85. The summed E-state index contributed by atoms with van der Waals surface area (Å²) in [5, 5.41) is 7.70. The van der Waals surface area contributed by atoms with Crippen molar-refractivity contribution in [3.8, 4) is 17.2 Å². The van der Waals surface area contributed by atoms with Gasteiger partial charge in [-0.25, -0.2) is 14.5 Å². The lowest BCUT2D eigenvalue weighted by molar-refractivity contribution is 0.252. The van der Waals surface area contributed by atoms with Gasteiger partial charge in [-0.2, -0.15) is 5.10 Å². The van der Waals surface area contributed by atoms with Crippen LogP contribution in [0.4, 0.5) is 16.3 Å². The molecule has 2 aliphatic rings. The lowest BCUT2D eigenvalue weighted by Crippen LogP contribution is -2.42. The van der Waals surface area contributed by atoms with E-state index in [2.05, 4.69) is 26.1 Å². The van der Waals surface area contributed by atoms with Gasteiger partial charge < -0.3 is 14.2 Å². The topological polar surface area (TPSA) is 90.2 Å². The van der Waals surface area contributed by atoms with E-state index < -0.39 is 6.04 Å². The molecular formula is C26H29N5O4. The Morgan fingerprint density at radius 2 is 1.63 bits per heavy atom. The number of hydrogen-bond donors (Lipinski definition) is 1. The van der Waals surface area contributed by atoms with Gasteiger partial charge in [-0.15, -0.1) is 0 Å². The molecule has 35 heavy (non-hydrogen) atoms. The lowest BCUT2D eigenvalue weighted by atomic mass is 9.83. The van der Waals surface area contributed by atoms with Crippen molar-refractivity contribution in [3.05, 3.63) is 59.8 Å². The van der Waals surface area contributed by atoms with E-state index in [1.807, 2.05) is 53.3 Å². The van der Waals surface area contributed by atoms with Crippen molar-refractivity contribution in [2.45, 2.75) is 38.3 Å². The second kappa shape index (κ2) is 8.33. The maximum Gasteiger partial charge on any atom is 0.328 e. The van der Waals surface area contributed by atoms with E-state index in [1.54, 1.807) is 26.2 Å². The molecule has 1 N–H and O–H groups in total. The summed E-state index contributed by atoms with van der Waals surface area (Å²) in [6.45, 7) is 6.22. The molecular weight excluding hydrogens is 446 g/mol. The minimum absolute atomic E-state index is 0.224.